The summed E-state index contributed by atoms with van der Waals surface area (Å²) >= 11 is 0. The Morgan fingerprint density at radius 3 is 2.83 bits per heavy atom. The minimum Gasteiger partial charge on any atom is -0.394 e. The van der Waals surface area contributed by atoms with Crippen LogP contribution >= 0.6 is 0 Å². The lowest BCUT2D eigenvalue weighted by Gasteiger charge is -2.24. The van der Waals surface area contributed by atoms with Gasteiger partial charge in [0, 0.05) is 6.54 Å². The lowest BCUT2D eigenvalue weighted by atomic mass is 10.2. The van der Waals surface area contributed by atoms with Gasteiger partial charge in [-0.25, -0.2) is 0 Å². The van der Waals surface area contributed by atoms with E-state index in [1.54, 1.807) is 7.05 Å². The zero-order valence-corrected chi connectivity index (χ0v) is 10.4. The first-order chi connectivity index (χ1) is 8.63. The molecular weight excluding hydrogens is 238 g/mol. The molecule has 1 aliphatic rings. The summed E-state index contributed by atoms with van der Waals surface area (Å²) in [6.45, 7) is 0.288. The van der Waals surface area contributed by atoms with Gasteiger partial charge in [0.1, 0.15) is 18.4 Å². The molecule has 0 bridgehead atoms. The van der Waals surface area contributed by atoms with Gasteiger partial charge in [0.25, 0.3) is 0 Å². The van der Waals surface area contributed by atoms with E-state index in [0.29, 0.717) is 19.3 Å². The highest BCUT2D eigenvalue weighted by Crippen LogP contribution is 2.17. The highest BCUT2D eigenvalue weighted by atomic mass is 16.3. The number of likely N-dealkylation sites (N-methyl/N-ethyl adjacent to an activating group) is 1. The van der Waals surface area contributed by atoms with Gasteiger partial charge in [-0.2, -0.15) is 0 Å². The number of aldehydes is 1. The molecule has 1 saturated heterocycles. The maximum absolute atomic E-state index is 11.9. The fraction of sp³-hybridized carbons (Fsp3) is 0.727. The highest BCUT2D eigenvalue weighted by molar-refractivity contribution is 5.90. The Hall–Kier alpha value is -1.47. The van der Waals surface area contributed by atoms with Gasteiger partial charge in [-0.15, -0.1) is 0 Å². The molecule has 0 radical (unpaired) electrons. The quantitative estimate of drug-likeness (QED) is 0.472. The molecule has 0 aromatic heterocycles. The number of aliphatic hydroxyl groups excluding tert-OH is 1. The van der Waals surface area contributed by atoms with Gasteiger partial charge in [-0.1, -0.05) is 0 Å². The van der Waals surface area contributed by atoms with Gasteiger partial charge < -0.3 is 25.4 Å². The Morgan fingerprint density at radius 2 is 2.28 bits per heavy atom. The van der Waals surface area contributed by atoms with Gasteiger partial charge in [-0.3, -0.25) is 9.59 Å². The molecule has 2 unspecified atom stereocenters. The van der Waals surface area contributed by atoms with Crippen molar-refractivity contribution < 1.29 is 19.5 Å². The summed E-state index contributed by atoms with van der Waals surface area (Å²) < 4.78 is 0. The molecule has 2 atom stereocenters. The normalized spacial score (nSPS) is 20.6. The van der Waals surface area contributed by atoms with Crippen molar-refractivity contribution >= 4 is 18.1 Å². The lowest BCUT2D eigenvalue weighted by Crippen LogP contribution is -2.51. The van der Waals surface area contributed by atoms with E-state index in [2.05, 4.69) is 10.6 Å². The molecule has 102 valence electrons. The van der Waals surface area contributed by atoms with Crippen molar-refractivity contribution in [1.82, 2.24) is 15.5 Å². The molecule has 2 amide bonds. The van der Waals surface area contributed by atoms with Gasteiger partial charge in [0.2, 0.25) is 11.8 Å². The van der Waals surface area contributed by atoms with Crippen LogP contribution in [-0.2, 0) is 14.4 Å². The highest BCUT2D eigenvalue weighted by Gasteiger charge is 2.34. The zero-order chi connectivity index (χ0) is 13.5. The van der Waals surface area contributed by atoms with Gasteiger partial charge >= 0.3 is 0 Å². The number of carbonyl (C=O) groups excluding carboxylic acids is 3. The maximum Gasteiger partial charge on any atom is 0.243 e. The molecule has 1 aliphatic heterocycles. The van der Waals surface area contributed by atoms with Crippen LogP contribution in [0, 0.1) is 0 Å². The number of hydrogen-bond donors (Lipinski definition) is 3. The fourth-order valence-corrected chi connectivity index (χ4v) is 1.99. The Bertz CT molecular complexity index is 321. The molecule has 3 N–H and O–H groups in total. The van der Waals surface area contributed by atoms with E-state index in [-0.39, 0.29) is 18.4 Å². The van der Waals surface area contributed by atoms with Crippen molar-refractivity contribution in [2.45, 2.75) is 24.9 Å². The van der Waals surface area contributed by atoms with Crippen LogP contribution in [0.15, 0.2) is 0 Å². The van der Waals surface area contributed by atoms with Gasteiger partial charge in [0.05, 0.1) is 13.2 Å². The molecule has 1 heterocycles. The van der Waals surface area contributed by atoms with Crippen molar-refractivity contribution in [3.63, 3.8) is 0 Å². The van der Waals surface area contributed by atoms with Crippen LogP contribution < -0.4 is 10.6 Å². The number of aliphatic hydroxyl groups is 1. The largest absolute Gasteiger partial charge is 0.394 e. The van der Waals surface area contributed by atoms with E-state index in [1.165, 1.54) is 4.90 Å². The van der Waals surface area contributed by atoms with Crippen LogP contribution in [0.2, 0.25) is 0 Å². The van der Waals surface area contributed by atoms with Crippen LogP contribution in [0.4, 0.5) is 0 Å². The predicted octanol–water partition coefficient (Wildman–Crippen LogP) is -2.13. The number of rotatable bonds is 6. The van der Waals surface area contributed by atoms with E-state index < -0.39 is 18.7 Å². The molecule has 0 spiro atoms. The summed E-state index contributed by atoms with van der Waals surface area (Å²) in [7, 11) is 1.66. The van der Waals surface area contributed by atoms with Crippen LogP contribution in [0.1, 0.15) is 12.8 Å². The Labute approximate surface area is 106 Å². The lowest BCUT2D eigenvalue weighted by molar-refractivity contribution is -0.138. The molecule has 1 fully saturated rings. The number of amides is 2. The molecule has 18 heavy (non-hydrogen) atoms. The Morgan fingerprint density at radius 1 is 1.56 bits per heavy atom. The summed E-state index contributed by atoms with van der Waals surface area (Å²) in [5.74, 6) is -0.523. The average Bonchev–Trinajstić information content (AvgIpc) is 2.85. The van der Waals surface area contributed by atoms with Crippen molar-refractivity contribution in [1.29, 1.82) is 0 Å². The molecule has 0 aliphatic carbocycles. The Kier molecular flexibility index (Phi) is 5.73. The standard InChI is InChI=1S/C11H19N3O4/c1-12-5-10(17)14-4-2-3-9(14)11(18)13-8(6-15)7-16/h6,8-9,12,16H,2-5,7H2,1H3,(H,13,18). The molecule has 0 aromatic carbocycles. The predicted molar refractivity (Wildman–Crippen MR) is 63.7 cm³/mol. The van der Waals surface area contributed by atoms with Crippen molar-refractivity contribution in [3.05, 3.63) is 0 Å². The fourth-order valence-electron chi connectivity index (χ4n) is 1.99. The third-order valence-corrected chi connectivity index (χ3v) is 2.89. The van der Waals surface area contributed by atoms with E-state index in [0.717, 1.165) is 6.42 Å². The second kappa shape index (κ2) is 7.07. The first-order valence-electron chi connectivity index (χ1n) is 5.94. The first-order valence-corrected chi connectivity index (χ1v) is 5.94. The molecule has 1 rings (SSSR count). The van der Waals surface area contributed by atoms with Crippen molar-refractivity contribution in [2.75, 3.05) is 26.7 Å². The van der Waals surface area contributed by atoms with Crippen LogP contribution in [0.25, 0.3) is 0 Å². The van der Waals surface area contributed by atoms with Crippen LogP contribution in [0.5, 0.6) is 0 Å². The third-order valence-electron chi connectivity index (χ3n) is 2.89. The SMILES string of the molecule is CNCC(=O)N1CCCC1C(=O)NC(C=O)CO. The van der Waals surface area contributed by atoms with Crippen LogP contribution in [-0.4, -0.2) is 66.9 Å². The van der Waals surface area contributed by atoms with E-state index in [4.69, 9.17) is 5.11 Å². The summed E-state index contributed by atoms with van der Waals surface area (Å²) in [5, 5.41) is 14.0. The topological polar surface area (TPSA) is 98.7 Å². The number of hydrogen-bond acceptors (Lipinski definition) is 5. The monoisotopic (exact) mass is 257 g/mol. The molecular formula is C11H19N3O4. The smallest absolute Gasteiger partial charge is 0.243 e. The molecule has 7 heteroatoms. The van der Waals surface area contributed by atoms with E-state index >= 15 is 0 Å². The maximum atomic E-state index is 11.9. The number of carbonyl (C=O) groups is 3. The minimum atomic E-state index is -0.903. The number of nitrogens with zero attached hydrogens (tertiary/aromatic N) is 1. The number of nitrogens with one attached hydrogen (secondary N) is 2. The third kappa shape index (κ3) is 3.51. The summed E-state index contributed by atoms with van der Waals surface area (Å²) in [4.78, 5) is 35.7. The van der Waals surface area contributed by atoms with Crippen LogP contribution in [0.3, 0.4) is 0 Å². The van der Waals surface area contributed by atoms with Gasteiger partial charge in [-0.05, 0) is 19.9 Å². The average molecular weight is 257 g/mol. The summed E-state index contributed by atoms with van der Waals surface area (Å²) in [5.41, 5.74) is 0. The molecule has 0 saturated carbocycles. The molecule has 0 aromatic rings. The van der Waals surface area contributed by atoms with Crippen molar-refractivity contribution in [3.8, 4) is 0 Å². The second-order valence-electron chi connectivity index (χ2n) is 4.21. The number of likely N-dealkylation sites (tertiary alicyclic amines) is 1. The Balaban J connectivity index is 2.60. The minimum absolute atomic E-state index is 0.137. The van der Waals surface area contributed by atoms with Crippen molar-refractivity contribution in [2.24, 2.45) is 0 Å². The van der Waals surface area contributed by atoms with Gasteiger partial charge in [0.15, 0.2) is 0 Å². The zero-order valence-electron chi connectivity index (χ0n) is 10.4. The van der Waals surface area contributed by atoms with E-state index in [9.17, 15) is 14.4 Å². The molecule has 7 nitrogen and oxygen atoms in total. The summed E-state index contributed by atoms with van der Waals surface area (Å²) in [6, 6.07) is -1.45. The summed E-state index contributed by atoms with van der Waals surface area (Å²) in [6.07, 6.45) is 1.82. The first kappa shape index (κ1) is 14.6. The second-order valence-corrected chi connectivity index (χ2v) is 4.21. The van der Waals surface area contributed by atoms with E-state index in [1.807, 2.05) is 0 Å².